The summed E-state index contributed by atoms with van der Waals surface area (Å²) in [4.78, 5) is 34.3. The molecule has 0 saturated carbocycles. The summed E-state index contributed by atoms with van der Waals surface area (Å²) in [6.45, 7) is 5.36. The Labute approximate surface area is 125 Å². The molecule has 0 aromatic carbocycles. The molecule has 0 rings (SSSR count). The van der Waals surface area contributed by atoms with Crippen LogP contribution >= 0.6 is 0 Å². The Bertz CT molecular complexity index is 388. The number of carbonyl (C=O) groups excluding carboxylic acids is 3. The zero-order valence-electron chi connectivity index (χ0n) is 13.1. The molecular weight excluding hydrogens is 276 g/mol. The van der Waals surface area contributed by atoms with Gasteiger partial charge in [-0.3, -0.25) is 9.59 Å². The summed E-state index contributed by atoms with van der Waals surface area (Å²) in [5, 5.41) is 0. The number of hydrogen-bond acceptors (Lipinski definition) is 6. The number of ether oxygens (including phenoxy) is 3. The van der Waals surface area contributed by atoms with E-state index in [4.69, 9.17) is 4.74 Å². The second-order valence-electron chi connectivity index (χ2n) is 4.86. The summed E-state index contributed by atoms with van der Waals surface area (Å²) in [6.07, 6.45) is 1.77. The smallest absolute Gasteiger partial charge is 0.333 e. The van der Waals surface area contributed by atoms with Crippen molar-refractivity contribution in [2.75, 3.05) is 21.3 Å². The van der Waals surface area contributed by atoms with E-state index in [1.807, 2.05) is 0 Å². The van der Waals surface area contributed by atoms with E-state index in [2.05, 4.69) is 16.1 Å². The third-order valence-electron chi connectivity index (χ3n) is 3.35. The van der Waals surface area contributed by atoms with Gasteiger partial charge in [0.2, 0.25) is 0 Å². The molecule has 0 aromatic rings. The van der Waals surface area contributed by atoms with Gasteiger partial charge in [0.25, 0.3) is 0 Å². The topological polar surface area (TPSA) is 78.9 Å². The number of esters is 3. The molecule has 0 aliphatic rings. The Balaban J connectivity index is 4.47. The molecule has 21 heavy (non-hydrogen) atoms. The lowest BCUT2D eigenvalue weighted by molar-refractivity contribution is -0.148. The first kappa shape index (κ1) is 19.1. The number of hydrogen-bond donors (Lipinski definition) is 0. The van der Waals surface area contributed by atoms with Crippen molar-refractivity contribution in [3.63, 3.8) is 0 Å². The summed E-state index contributed by atoms with van der Waals surface area (Å²) < 4.78 is 14.0. The number of methoxy groups -OCH3 is 3. The van der Waals surface area contributed by atoms with Crippen molar-refractivity contribution < 1.29 is 28.6 Å². The van der Waals surface area contributed by atoms with Crippen LogP contribution in [-0.4, -0.2) is 39.2 Å². The molecule has 120 valence electrons. The van der Waals surface area contributed by atoms with Crippen LogP contribution in [0.25, 0.3) is 0 Å². The van der Waals surface area contributed by atoms with Crippen LogP contribution < -0.4 is 0 Å². The van der Waals surface area contributed by atoms with Gasteiger partial charge < -0.3 is 14.2 Å². The number of carbonyl (C=O) groups is 3. The lowest BCUT2D eigenvalue weighted by Crippen LogP contribution is -2.20. The van der Waals surface area contributed by atoms with Gasteiger partial charge in [-0.2, -0.15) is 0 Å². The maximum absolute atomic E-state index is 11.7. The van der Waals surface area contributed by atoms with Crippen molar-refractivity contribution in [3.05, 3.63) is 12.2 Å². The summed E-state index contributed by atoms with van der Waals surface area (Å²) in [5.74, 6) is -1.82. The van der Waals surface area contributed by atoms with E-state index in [1.54, 1.807) is 6.92 Å². The standard InChI is InChI=1S/C15H24O6/c1-10(13(16)19-3)6-8-12(15(18)21-5)9-7-11(2)14(17)20-4/h11-12H,1,6-9H2,2-5H3. The van der Waals surface area contributed by atoms with Crippen LogP contribution in [-0.2, 0) is 28.6 Å². The Kier molecular flexibility index (Phi) is 9.08. The molecule has 2 atom stereocenters. The first-order chi connectivity index (χ1) is 9.87. The third-order valence-corrected chi connectivity index (χ3v) is 3.35. The first-order valence-corrected chi connectivity index (χ1v) is 6.79. The highest BCUT2D eigenvalue weighted by molar-refractivity contribution is 5.87. The van der Waals surface area contributed by atoms with Crippen molar-refractivity contribution >= 4 is 17.9 Å². The Hall–Kier alpha value is -1.85. The van der Waals surface area contributed by atoms with E-state index in [1.165, 1.54) is 21.3 Å². The molecule has 0 amide bonds. The van der Waals surface area contributed by atoms with E-state index in [0.29, 0.717) is 31.3 Å². The summed E-state index contributed by atoms with van der Waals surface area (Å²) in [6, 6.07) is 0. The van der Waals surface area contributed by atoms with E-state index >= 15 is 0 Å². The predicted octanol–water partition coefficient (Wildman–Crippen LogP) is 1.87. The minimum absolute atomic E-state index is 0.286. The zero-order valence-corrected chi connectivity index (χ0v) is 13.1. The first-order valence-electron chi connectivity index (χ1n) is 6.79. The average molecular weight is 300 g/mol. The van der Waals surface area contributed by atoms with Crippen LogP contribution in [0.4, 0.5) is 0 Å². The van der Waals surface area contributed by atoms with Crippen LogP contribution in [0, 0.1) is 11.8 Å². The minimum atomic E-state index is -0.485. The molecule has 0 bridgehead atoms. The van der Waals surface area contributed by atoms with Gasteiger partial charge in [-0.05, 0) is 25.7 Å². The van der Waals surface area contributed by atoms with Crippen LogP contribution in [0.2, 0.25) is 0 Å². The van der Waals surface area contributed by atoms with Gasteiger partial charge in [0, 0.05) is 5.57 Å². The van der Waals surface area contributed by atoms with Gasteiger partial charge in [0.05, 0.1) is 33.2 Å². The molecule has 0 aliphatic carbocycles. The largest absolute Gasteiger partial charge is 0.469 e. The van der Waals surface area contributed by atoms with Crippen LogP contribution in [0.15, 0.2) is 12.2 Å². The molecule has 0 spiro atoms. The fourth-order valence-corrected chi connectivity index (χ4v) is 1.91. The normalized spacial score (nSPS) is 13.0. The Morgan fingerprint density at radius 3 is 1.95 bits per heavy atom. The molecule has 0 fully saturated rings. The average Bonchev–Trinajstić information content (AvgIpc) is 2.51. The molecule has 0 heterocycles. The van der Waals surface area contributed by atoms with E-state index in [-0.39, 0.29) is 23.8 Å². The third kappa shape index (κ3) is 6.92. The Morgan fingerprint density at radius 1 is 0.905 bits per heavy atom. The highest BCUT2D eigenvalue weighted by Gasteiger charge is 2.23. The predicted molar refractivity (Wildman–Crippen MR) is 76.3 cm³/mol. The number of rotatable bonds is 9. The van der Waals surface area contributed by atoms with Crippen molar-refractivity contribution in [3.8, 4) is 0 Å². The van der Waals surface area contributed by atoms with E-state index in [9.17, 15) is 14.4 Å². The van der Waals surface area contributed by atoms with Crippen molar-refractivity contribution in [1.82, 2.24) is 0 Å². The monoisotopic (exact) mass is 300 g/mol. The summed E-state index contributed by atoms with van der Waals surface area (Å²) in [5.41, 5.74) is 0.312. The highest BCUT2D eigenvalue weighted by atomic mass is 16.5. The summed E-state index contributed by atoms with van der Waals surface area (Å²) >= 11 is 0. The quantitative estimate of drug-likeness (QED) is 0.367. The fourth-order valence-electron chi connectivity index (χ4n) is 1.91. The van der Waals surface area contributed by atoms with E-state index in [0.717, 1.165) is 0 Å². The maximum Gasteiger partial charge on any atom is 0.333 e. The molecule has 2 unspecified atom stereocenters. The van der Waals surface area contributed by atoms with Gasteiger partial charge in [-0.15, -0.1) is 0 Å². The summed E-state index contributed by atoms with van der Waals surface area (Å²) in [7, 11) is 3.93. The van der Waals surface area contributed by atoms with Crippen molar-refractivity contribution in [1.29, 1.82) is 0 Å². The van der Waals surface area contributed by atoms with Gasteiger partial charge in [0.15, 0.2) is 0 Å². The van der Waals surface area contributed by atoms with Gasteiger partial charge in [-0.1, -0.05) is 13.5 Å². The second kappa shape index (κ2) is 9.96. The maximum atomic E-state index is 11.7. The van der Waals surface area contributed by atoms with Crippen molar-refractivity contribution in [2.45, 2.75) is 32.6 Å². The molecule has 0 saturated heterocycles. The lowest BCUT2D eigenvalue weighted by Gasteiger charge is -2.16. The molecule has 0 radical (unpaired) electrons. The van der Waals surface area contributed by atoms with Crippen molar-refractivity contribution in [2.24, 2.45) is 11.8 Å². The van der Waals surface area contributed by atoms with Gasteiger partial charge in [-0.25, -0.2) is 4.79 Å². The Morgan fingerprint density at radius 2 is 1.48 bits per heavy atom. The second-order valence-corrected chi connectivity index (χ2v) is 4.86. The molecule has 0 N–H and O–H groups in total. The van der Waals surface area contributed by atoms with E-state index < -0.39 is 5.97 Å². The van der Waals surface area contributed by atoms with Crippen LogP contribution in [0.3, 0.4) is 0 Å². The highest BCUT2D eigenvalue weighted by Crippen LogP contribution is 2.21. The zero-order chi connectivity index (χ0) is 16.4. The minimum Gasteiger partial charge on any atom is -0.469 e. The molecular formula is C15H24O6. The fraction of sp³-hybridized carbons (Fsp3) is 0.667. The van der Waals surface area contributed by atoms with Gasteiger partial charge in [0.1, 0.15) is 0 Å². The lowest BCUT2D eigenvalue weighted by atomic mass is 9.92. The van der Waals surface area contributed by atoms with Crippen LogP contribution in [0.1, 0.15) is 32.6 Å². The molecule has 6 nitrogen and oxygen atoms in total. The van der Waals surface area contributed by atoms with Gasteiger partial charge >= 0.3 is 17.9 Å². The molecule has 0 aliphatic heterocycles. The molecule has 6 heteroatoms. The molecule has 0 aromatic heterocycles. The van der Waals surface area contributed by atoms with Crippen LogP contribution in [0.5, 0.6) is 0 Å². The SMILES string of the molecule is C=C(CCC(CCC(C)C(=O)OC)C(=O)OC)C(=O)OC.